The van der Waals surface area contributed by atoms with Crippen molar-refractivity contribution in [1.29, 1.82) is 0 Å². The summed E-state index contributed by atoms with van der Waals surface area (Å²) in [5.74, 6) is -0.464. The summed E-state index contributed by atoms with van der Waals surface area (Å²) in [4.78, 5) is 26.4. The second kappa shape index (κ2) is 8.16. The summed E-state index contributed by atoms with van der Waals surface area (Å²) in [6, 6.07) is 6.38. The van der Waals surface area contributed by atoms with Gasteiger partial charge in [-0.1, -0.05) is 32.9 Å². The lowest BCUT2D eigenvalue weighted by Crippen LogP contribution is -2.36. The van der Waals surface area contributed by atoms with Crippen molar-refractivity contribution in [2.24, 2.45) is 5.41 Å². The van der Waals surface area contributed by atoms with Crippen LogP contribution in [0.5, 0.6) is 0 Å². The Bertz CT molecular complexity index is 942. The molecule has 0 spiro atoms. The van der Waals surface area contributed by atoms with Gasteiger partial charge in [0.15, 0.2) is 5.76 Å². The first-order valence-corrected chi connectivity index (χ1v) is 9.81. The van der Waals surface area contributed by atoms with Gasteiger partial charge in [0.2, 0.25) is 0 Å². The Morgan fingerprint density at radius 3 is 2.53 bits per heavy atom. The van der Waals surface area contributed by atoms with Crippen molar-refractivity contribution in [2.75, 3.05) is 13.1 Å². The van der Waals surface area contributed by atoms with E-state index >= 15 is 0 Å². The number of carbonyl (C=O) groups excluding carboxylic acids is 2. The number of fused-ring (bicyclic) bond motifs is 1. The Morgan fingerprint density at radius 1 is 1.17 bits per heavy atom. The van der Waals surface area contributed by atoms with Crippen LogP contribution in [0.4, 0.5) is 13.2 Å². The summed E-state index contributed by atoms with van der Waals surface area (Å²) in [5, 5.41) is 2.81. The maximum Gasteiger partial charge on any atom is 0.417 e. The van der Waals surface area contributed by atoms with Gasteiger partial charge in [-0.25, -0.2) is 0 Å². The third-order valence-electron chi connectivity index (χ3n) is 5.02. The summed E-state index contributed by atoms with van der Waals surface area (Å²) in [6.45, 7) is 7.01. The van der Waals surface area contributed by atoms with Gasteiger partial charge in [0.1, 0.15) is 5.76 Å². The van der Waals surface area contributed by atoms with Crippen molar-refractivity contribution in [3.63, 3.8) is 0 Å². The van der Waals surface area contributed by atoms with Gasteiger partial charge in [0.05, 0.1) is 17.7 Å². The third kappa shape index (κ3) is 5.04. The Labute approximate surface area is 173 Å². The van der Waals surface area contributed by atoms with Crippen LogP contribution in [0.25, 0.3) is 0 Å². The number of benzene rings is 1. The van der Waals surface area contributed by atoms with E-state index in [9.17, 15) is 22.8 Å². The maximum atomic E-state index is 13.2. The normalized spacial score (nSPS) is 14.4. The summed E-state index contributed by atoms with van der Waals surface area (Å²) < 4.78 is 45.4. The summed E-state index contributed by atoms with van der Waals surface area (Å²) in [6.07, 6.45) is -3.40. The molecule has 162 valence electrons. The molecule has 5 nitrogen and oxygen atoms in total. The van der Waals surface area contributed by atoms with Gasteiger partial charge in [-0.05, 0) is 42.0 Å². The molecule has 8 heteroatoms. The number of nitrogens with one attached hydrogen (secondary N) is 1. The van der Waals surface area contributed by atoms with Gasteiger partial charge >= 0.3 is 6.18 Å². The number of amides is 2. The van der Waals surface area contributed by atoms with E-state index in [1.807, 2.05) is 0 Å². The number of hydrogen-bond acceptors (Lipinski definition) is 3. The second-order valence-electron chi connectivity index (χ2n) is 8.65. The molecule has 1 aromatic heterocycles. The average molecular weight is 422 g/mol. The Balaban J connectivity index is 1.71. The molecule has 0 bridgehead atoms. The molecule has 1 aliphatic rings. The van der Waals surface area contributed by atoms with E-state index < -0.39 is 17.6 Å². The van der Waals surface area contributed by atoms with E-state index in [2.05, 4.69) is 26.1 Å². The number of alkyl halides is 3. The van der Waals surface area contributed by atoms with Crippen LogP contribution in [0.3, 0.4) is 0 Å². The average Bonchev–Trinajstić information content (AvgIpc) is 3.09. The van der Waals surface area contributed by atoms with Crippen LogP contribution in [0, 0.1) is 5.41 Å². The Hall–Kier alpha value is -2.77. The molecule has 0 aliphatic carbocycles. The van der Waals surface area contributed by atoms with Gasteiger partial charge in [-0.3, -0.25) is 9.59 Å². The van der Waals surface area contributed by atoms with Gasteiger partial charge < -0.3 is 14.6 Å². The molecule has 3 rings (SSSR count). The molecule has 1 aromatic carbocycles. The first kappa shape index (κ1) is 21.9. The monoisotopic (exact) mass is 422 g/mol. The van der Waals surface area contributed by atoms with Crippen LogP contribution in [0.15, 0.2) is 34.7 Å². The largest absolute Gasteiger partial charge is 0.454 e. The first-order chi connectivity index (χ1) is 14.0. The third-order valence-corrected chi connectivity index (χ3v) is 5.02. The lowest BCUT2D eigenvalue weighted by Gasteiger charge is -2.27. The lowest BCUT2D eigenvalue weighted by atomic mass is 9.92. The predicted molar refractivity (Wildman–Crippen MR) is 105 cm³/mol. The minimum Gasteiger partial charge on any atom is -0.454 e. The van der Waals surface area contributed by atoms with Gasteiger partial charge in [-0.2, -0.15) is 13.2 Å². The molecule has 0 saturated heterocycles. The van der Waals surface area contributed by atoms with E-state index in [0.29, 0.717) is 18.7 Å². The van der Waals surface area contributed by atoms with Gasteiger partial charge in [0.25, 0.3) is 11.8 Å². The minimum atomic E-state index is -4.61. The zero-order valence-electron chi connectivity index (χ0n) is 17.2. The van der Waals surface area contributed by atoms with E-state index in [4.69, 9.17) is 4.42 Å². The van der Waals surface area contributed by atoms with Crippen LogP contribution in [0.1, 0.15) is 65.0 Å². The fourth-order valence-corrected chi connectivity index (χ4v) is 3.33. The Morgan fingerprint density at radius 2 is 1.87 bits per heavy atom. The number of rotatable bonds is 4. The number of halogens is 3. The summed E-state index contributed by atoms with van der Waals surface area (Å²) in [7, 11) is 0. The first-order valence-electron chi connectivity index (χ1n) is 9.81. The highest BCUT2D eigenvalue weighted by atomic mass is 19.4. The molecule has 0 saturated carbocycles. The molecule has 0 atom stereocenters. The highest BCUT2D eigenvalue weighted by molar-refractivity contribution is 5.96. The minimum absolute atomic E-state index is 0.0234. The standard InChI is InChI=1S/C22H25F3N2O3/c1-21(2,3)9-10-26-19(28)17-12-14-8-11-27(13-18(14)30-17)20(29)15-6-4-5-7-16(15)22(23,24)25/h4-7,12H,8-11,13H2,1-3H3,(H,26,28). The van der Waals surface area contributed by atoms with Gasteiger partial charge in [0, 0.05) is 13.1 Å². The van der Waals surface area contributed by atoms with Crippen molar-refractivity contribution in [3.8, 4) is 0 Å². The van der Waals surface area contributed by atoms with Crippen LogP contribution in [0.2, 0.25) is 0 Å². The fourth-order valence-electron chi connectivity index (χ4n) is 3.33. The van der Waals surface area contributed by atoms with Crippen molar-refractivity contribution in [2.45, 2.75) is 46.3 Å². The van der Waals surface area contributed by atoms with E-state index in [1.54, 1.807) is 6.07 Å². The molecule has 2 aromatic rings. The topological polar surface area (TPSA) is 62.6 Å². The van der Waals surface area contributed by atoms with Crippen molar-refractivity contribution >= 4 is 11.8 Å². The highest BCUT2D eigenvalue weighted by Crippen LogP contribution is 2.33. The van der Waals surface area contributed by atoms with Crippen LogP contribution < -0.4 is 5.32 Å². The van der Waals surface area contributed by atoms with Crippen LogP contribution in [-0.2, 0) is 19.1 Å². The molecule has 0 radical (unpaired) electrons. The van der Waals surface area contributed by atoms with E-state index in [0.717, 1.165) is 18.1 Å². The summed E-state index contributed by atoms with van der Waals surface area (Å²) in [5.41, 5.74) is -0.466. The van der Waals surface area contributed by atoms with E-state index in [1.165, 1.54) is 23.1 Å². The quantitative estimate of drug-likeness (QED) is 0.779. The van der Waals surface area contributed by atoms with Gasteiger partial charge in [-0.15, -0.1) is 0 Å². The molecule has 2 heterocycles. The van der Waals surface area contributed by atoms with Crippen LogP contribution in [-0.4, -0.2) is 29.8 Å². The lowest BCUT2D eigenvalue weighted by molar-refractivity contribution is -0.138. The van der Waals surface area contributed by atoms with Crippen molar-refractivity contribution in [1.82, 2.24) is 10.2 Å². The van der Waals surface area contributed by atoms with Crippen molar-refractivity contribution < 1.29 is 27.2 Å². The number of carbonyl (C=O) groups is 2. The zero-order valence-corrected chi connectivity index (χ0v) is 17.2. The zero-order chi connectivity index (χ0) is 22.1. The smallest absolute Gasteiger partial charge is 0.417 e. The number of nitrogens with zero attached hydrogens (tertiary/aromatic N) is 1. The highest BCUT2D eigenvalue weighted by Gasteiger charge is 2.36. The number of furan rings is 1. The van der Waals surface area contributed by atoms with Crippen LogP contribution >= 0.6 is 0 Å². The SMILES string of the molecule is CC(C)(C)CCNC(=O)c1cc2c(o1)CN(C(=O)c1ccccc1C(F)(F)F)CC2. The number of hydrogen-bond donors (Lipinski definition) is 1. The molecule has 0 unspecified atom stereocenters. The maximum absolute atomic E-state index is 13.2. The van der Waals surface area contributed by atoms with E-state index in [-0.39, 0.29) is 35.7 Å². The molecular formula is C22H25F3N2O3. The molecule has 30 heavy (non-hydrogen) atoms. The summed E-state index contributed by atoms with van der Waals surface area (Å²) >= 11 is 0. The molecule has 1 aliphatic heterocycles. The second-order valence-corrected chi connectivity index (χ2v) is 8.65. The fraction of sp³-hybridized carbons (Fsp3) is 0.455. The Kier molecular flexibility index (Phi) is 5.97. The molecule has 0 fully saturated rings. The predicted octanol–water partition coefficient (Wildman–Crippen LogP) is 4.66. The molecule has 2 amide bonds. The molecular weight excluding hydrogens is 397 g/mol. The molecule has 1 N–H and O–H groups in total. The van der Waals surface area contributed by atoms with Crippen molar-refractivity contribution in [3.05, 3.63) is 58.5 Å².